The van der Waals surface area contributed by atoms with E-state index in [1.165, 1.54) is 18.8 Å². The minimum atomic E-state index is 0.359. The maximum Gasteiger partial charge on any atom is 0.149 e. The molecule has 0 spiro atoms. The van der Waals surface area contributed by atoms with Gasteiger partial charge in [0.2, 0.25) is 0 Å². The number of ether oxygens (including phenoxy) is 1. The number of nitrogens with one attached hydrogen (secondary N) is 1. The van der Waals surface area contributed by atoms with Gasteiger partial charge in [0.25, 0.3) is 0 Å². The lowest BCUT2D eigenvalue weighted by Gasteiger charge is -2.46. The molecule has 4 aliphatic heterocycles. The van der Waals surface area contributed by atoms with Gasteiger partial charge in [-0.05, 0) is 6.92 Å². The van der Waals surface area contributed by atoms with Crippen molar-refractivity contribution in [3.05, 3.63) is 17.1 Å². The van der Waals surface area contributed by atoms with Crippen LogP contribution in [0.3, 0.4) is 0 Å². The fraction of sp³-hybridized carbons (Fsp3) is 0.733. The molecule has 2 bridgehead atoms. The molecule has 0 radical (unpaired) electrons. The first kappa shape index (κ1) is 13.4. The Morgan fingerprint density at radius 3 is 2.81 bits per heavy atom. The molecule has 6 nitrogen and oxygen atoms in total. The van der Waals surface area contributed by atoms with Gasteiger partial charge in [-0.25, -0.2) is 9.97 Å². The van der Waals surface area contributed by atoms with Gasteiger partial charge in [-0.2, -0.15) is 0 Å². The first-order valence-electron chi connectivity index (χ1n) is 8.03. The second kappa shape index (κ2) is 5.51. The lowest BCUT2D eigenvalue weighted by Crippen LogP contribution is -2.57. The molecule has 0 aromatic carbocycles. The fourth-order valence-electron chi connectivity index (χ4n) is 3.58. The van der Waals surface area contributed by atoms with Crippen LogP contribution in [-0.4, -0.2) is 65.6 Å². The monoisotopic (exact) mass is 289 g/mol. The Labute approximate surface area is 125 Å². The molecule has 0 saturated carbocycles. The summed E-state index contributed by atoms with van der Waals surface area (Å²) in [5.41, 5.74) is 2.34. The van der Waals surface area contributed by atoms with E-state index in [1.54, 1.807) is 0 Å². The standard InChI is InChI=1S/C15H23N5O/c1-2-16-14-11-10-21-8-3-12(11)17-15(18-14)13-9-19-4-6-20(13)7-5-19/h13H,2-10H2,1H3,(H,16,17,18). The van der Waals surface area contributed by atoms with E-state index in [2.05, 4.69) is 22.0 Å². The molecule has 1 N–H and O–H groups in total. The Kier molecular flexibility index (Phi) is 3.52. The summed E-state index contributed by atoms with van der Waals surface area (Å²) in [7, 11) is 0. The minimum Gasteiger partial charge on any atom is -0.376 e. The lowest BCUT2D eigenvalue weighted by molar-refractivity contribution is 0.00838. The number of rotatable bonds is 3. The number of aromatic nitrogens is 2. The Bertz CT molecular complexity index is 527. The van der Waals surface area contributed by atoms with Crippen LogP contribution in [0.25, 0.3) is 0 Å². The van der Waals surface area contributed by atoms with Crippen LogP contribution in [0.15, 0.2) is 0 Å². The molecule has 0 amide bonds. The Morgan fingerprint density at radius 1 is 1.24 bits per heavy atom. The van der Waals surface area contributed by atoms with E-state index >= 15 is 0 Å². The third-order valence-electron chi connectivity index (χ3n) is 4.76. The quantitative estimate of drug-likeness (QED) is 0.882. The third-order valence-corrected chi connectivity index (χ3v) is 4.76. The first-order chi connectivity index (χ1) is 10.3. The predicted octanol–water partition coefficient (Wildman–Crippen LogP) is 0.653. The Balaban J connectivity index is 1.70. The van der Waals surface area contributed by atoms with Crippen molar-refractivity contribution < 1.29 is 4.74 Å². The van der Waals surface area contributed by atoms with Gasteiger partial charge in [0.1, 0.15) is 11.6 Å². The highest BCUT2D eigenvalue weighted by atomic mass is 16.5. The topological polar surface area (TPSA) is 53.5 Å². The van der Waals surface area contributed by atoms with Crippen LogP contribution in [0.5, 0.6) is 0 Å². The van der Waals surface area contributed by atoms with E-state index < -0.39 is 0 Å². The molecule has 21 heavy (non-hydrogen) atoms. The van der Waals surface area contributed by atoms with E-state index in [0.29, 0.717) is 12.6 Å². The number of piperazine rings is 3. The summed E-state index contributed by atoms with van der Waals surface area (Å²) in [6.45, 7) is 10.1. The Hall–Kier alpha value is -1.24. The molecule has 4 aliphatic rings. The highest BCUT2D eigenvalue weighted by molar-refractivity contribution is 5.47. The van der Waals surface area contributed by atoms with Crippen LogP contribution >= 0.6 is 0 Å². The summed E-state index contributed by atoms with van der Waals surface area (Å²) in [6.07, 6.45) is 0.902. The van der Waals surface area contributed by atoms with Crippen LogP contribution in [0.2, 0.25) is 0 Å². The minimum absolute atomic E-state index is 0.359. The molecule has 1 aromatic heterocycles. The fourth-order valence-corrected chi connectivity index (χ4v) is 3.58. The highest BCUT2D eigenvalue weighted by Crippen LogP contribution is 2.30. The van der Waals surface area contributed by atoms with E-state index in [-0.39, 0.29) is 0 Å². The molecule has 3 saturated heterocycles. The van der Waals surface area contributed by atoms with Crippen LogP contribution in [0.4, 0.5) is 5.82 Å². The summed E-state index contributed by atoms with van der Waals surface area (Å²) in [6, 6.07) is 0.359. The van der Waals surface area contributed by atoms with Crippen LogP contribution in [0.1, 0.15) is 30.0 Å². The number of anilines is 1. The molecular weight excluding hydrogens is 266 g/mol. The predicted molar refractivity (Wildman–Crippen MR) is 80.3 cm³/mol. The van der Waals surface area contributed by atoms with Crippen molar-refractivity contribution in [2.45, 2.75) is 26.0 Å². The lowest BCUT2D eigenvalue weighted by atomic mass is 10.1. The van der Waals surface area contributed by atoms with Crippen molar-refractivity contribution in [1.82, 2.24) is 19.8 Å². The van der Waals surface area contributed by atoms with Gasteiger partial charge in [-0.1, -0.05) is 0 Å². The summed E-state index contributed by atoms with van der Waals surface area (Å²) >= 11 is 0. The smallest absolute Gasteiger partial charge is 0.149 e. The molecule has 0 aliphatic carbocycles. The van der Waals surface area contributed by atoms with E-state index in [0.717, 1.165) is 56.4 Å². The number of nitrogens with zero attached hydrogens (tertiary/aromatic N) is 4. The zero-order chi connectivity index (χ0) is 14.2. The van der Waals surface area contributed by atoms with Gasteiger partial charge in [0.15, 0.2) is 0 Å². The summed E-state index contributed by atoms with van der Waals surface area (Å²) in [4.78, 5) is 14.8. The van der Waals surface area contributed by atoms with Gasteiger partial charge in [0.05, 0.1) is 24.9 Å². The van der Waals surface area contributed by atoms with Crippen molar-refractivity contribution in [1.29, 1.82) is 0 Å². The van der Waals surface area contributed by atoms with Gasteiger partial charge in [0, 0.05) is 51.3 Å². The van der Waals surface area contributed by atoms with Gasteiger partial charge >= 0.3 is 0 Å². The summed E-state index contributed by atoms with van der Waals surface area (Å²) < 4.78 is 5.58. The summed E-state index contributed by atoms with van der Waals surface area (Å²) in [5.74, 6) is 1.98. The van der Waals surface area contributed by atoms with Crippen LogP contribution in [0, 0.1) is 0 Å². The highest BCUT2D eigenvalue weighted by Gasteiger charge is 2.35. The number of hydrogen-bond acceptors (Lipinski definition) is 6. The van der Waals surface area contributed by atoms with Crippen molar-refractivity contribution >= 4 is 5.82 Å². The van der Waals surface area contributed by atoms with E-state index in [4.69, 9.17) is 14.7 Å². The average molecular weight is 289 g/mol. The SMILES string of the molecule is CCNc1nc(C2CN3CCN2CC3)nc2c1COCC2. The molecule has 1 unspecified atom stereocenters. The second-order valence-corrected chi connectivity index (χ2v) is 6.04. The average Bonchev–Trinajstić information content (AvgIpc) is 2.56. The zero-order valence-electron chi connectivity index (χ0n) is 12.6. The van der Waals surface area contributed by atoms with Crippen molar-refractivity contribution in [3.8, 4) is 0 Å². The van der Waals surface area contributed by atoms with E-state index in [1.807, 2.05) is 0 Å². The normalized spacial score (nSPS) is 31.0. The maximum atomic E-state index is 5.58. The molecule has 6 heteroatoms. The number of hydrogen-bond donors (Lipinski definition) is 1. The second-order valence-electron chi connectivity index (χ2n) is 6.04. The largest absolute Gasteiger partial charge is 0.376 e. The van der Waals surface area contributed by atoms with Gasteiger partial charge in [-0.3, -0.25) is 9.80 Å². The maximum absolute atomic E-state index is 5.58. The molecule has 5 heterocycles. The summed E-state index contributed by atoms with van der Waals surface area (Å²) in [5, 5.41) is 3.40. The first-order valence-corrected chi connectivity index (χ1v) is 8.03. The molecule has 5 rings (SSSR count). The van der Waals surface area contributed by atoms with E-state index in [9.17, 15) is 0 Å². The Morgan fingerprint density at radius 2 is 2.10 bits per heavy atom. The third kappa shape index (κ3) is 2.41. The zero-order valence-corrected chi connectivity index (χ0v) is 12.6. The van der Waals surface area contributed by atoms with Crippen LogP contribution < -0.4 is 5.32 Å². The molecule has 3 fully saturated rings. The van der Waals surface area contributed by atoms with Crippen molar-refractivity contribution in [2.75, 3.05) is 51.2 Å². The molecule has 1 aromatic rings. The van der Waals surface area contributed by atoms with Crippen molar-refractivity contribution in [2.24, 2.45) is 0 Å². The van der Waals surface area contributed by atoms with Gasteiger partial charge < -0.3 is 10.1 Å². The van der Waals surface area contributed by atoms with Crippen LogP contribution in [-0.2, 0) is 17.8 Å². The number of fused-ring (bicyclic) bond motifs is 4. The molecule has 114 valence electrons. The molecular formula is C15H23N5O. The van der Waals surface area contributed by atoms with Gasteiger partial charge in [-0.15, -0.1) is 0 Å². The molecule has 1 atom stereocenters. The van der Waals surface area contributed by atoms with Crippen molar-refractivity contribution in [3.63, 3.8) is 0 Å².